The number of fused-ring (bicyclic) bond motifs is 1. The number of benzene rings is 1. The molecule has 0 nitrogen and oxygen atoms in total. The van der Waals surface area contributed by atoms with E-state index in [1.165, 1.54) is 70.6 Å². The smallest absolute Gasteiger partial charge is 0.0159 e. The molecule has 0 bridgehead atoms. The Hall–Kier alpha value is -0.780. The van der Waals surface area contributed by atoms with E-state index in [1.54, 1.807) is 16.7 Å². The van der Waals surface area contributed by atoms with Crippen LogP contribution in [-0.4, -0.2) is 0 Å². The van der Waals surface area contributed by atoms with Crippen molar-refractivity contribution in [1.29, 1.82) is 0 Å². The van der Waals surface area contributed by atoms with Crippen LogP contribution in [0, 0.1) is 0 Å². The Labute approximate surface area is 112 Å². The standard InChI is InChI=1S/C18H26/c1-2-4-9-15(10-5-3-1)18-14-8-12-16-11-6-7-13-17(16)18/h8,12,14-15H,1-7,9-11,13H2. The second-order valence-electron chi connectivity index (χ2n) is 6.23. The van der Waals surface area contributed by atoms with Gasteiger partial charge in [0.25, 0.3) is 0 Å². The molecule has 2 aliphatic carbocycles. The van der Waals surface area contributed by atoms with Crippen LogP contribution in [0.4, 0.5) is 0 Å². The van der Waals surface area contributed by atoms with Crippen LogP contribution in [0.5, 0.6) is 0 Å². The third-order valence-corrected chi connectivity index (χ3v) is 4.98. The van der Waals surface area contributed by atoms with Gasteiger partial charge in [-0.2, -0.15) is 0 Å². The highest BCUT2D eigenvalue weighted by Gasteiger charge is 2.19. The quantitative estimate of drug-likeness (QED) is 0.619. The highest BCUT2D eigenvalue weighted by Crippen LogP contribution is 2.36. The third kappa shape index (κ3) is 2.63. The Morgan fingerprint density at radius 1 is 0.722 bits per heavy atom. The van der Waals surface area contributed by atoms with Crippen molar-refractivity contribution in [2.24, 2.45) is 0 Å². The topological polar surface area (TPSA) is 0 Å². The molecule has 1 aromatic carbocycles. The molecule has 0 spiro atoms. The minimum atomic E-state index is 0.873. The maximum absolute atomic E-state index is 2.44. The van der Waals surface area contributed by atoms with Gasteiger partial charge in [0.15, 0.2) is 0 Å². The Balaban J connectivity index is 1.85. The summed E-state index contributed by atoms with van der Waals surface area (Å²) in [5.41, 5.74) is 5.14. The van der Waals surface area contributed by atoms with Crippen molar-refractivity contribution >= 4 is 0 Å². The van der Waals surface area contributed by atoms with Gasteiger partial charge in [0.05, 0.1) is 0 Å². The summed E-state index contributed by atoms with van der Waals surface area (Å²) in [4.78, 5) is 0. The van der Waals surface area contributed by atoms with Gasteiger partial charge < -0.3 is 0 Å². The van der Waals surface area contributed by atoms with Crippen LogP contribution in [0.2, 0.25) is 0 Å². The average Bonchev–Trinajstić information content (AvgIpc) is 2.38. The molecular formula is C18H26. The fourth-order valence-electron chi connectivity index (χ4n) is 3.96. The van der Waals surface area contributed by atoms with Gasteiger partial charge in [-0.3, -0.25) is 0 Å². The number of aryl methyl sites for hydroxylation is 1. The predicted octanol–water partition coefficient (Wildman–Crippen LogP) is 5.39. The molecule has 0 aromatic heterocycles. The van der Waals surface area contributed by atoms with Crippen molar-refractivity contribution < 1.29 is 0 Å². The van der Waals surface area contributed by atoms with Gasteiger partial charge in [-0.05, 0) is 61.1 Å². The predicted molar refractivity (Wildman–Crippen MR) is 78.1 cm³/mol. The normalized spacial score (nSPS) is 22.0. The molecule has 3 rings (SSSR count). The molecule has 0 saturated heterocycles. The summed E-state index contributed by atoms with van der Waals surface area (Å²) < 4.78 is 0. The Bertz CT molecular complexity index is 383. The summed E-state index contributed by atoms with van der Waals surface area (Å²) in [6.07, 6.45) is 15.7. The Morgan fingerprint density at radius 2 is 1.44 bits per heavy atom. The Kier molecular flexibility index (Phi) is 4.02. The zero-order chi connectivity index (χ0) is 12.2. The van der Waals surface area contributed by atoms with E-state index < -0.39 is 0 Å². The SMILES string of the molecule is c1cc2c(c(C3CCCCCCC3)c1)CCCC2. The maximum atomic E-state index is 2.44. The summed E-state index contributed by atoms with van der Waals surface area (Å²) in [6.45, 7) is 0. The molecule has 0 N–H and O–H groups in total. The van der Waals surface area contributed by atoms with Crippen LogP contribution in [0.25, 0.3) is 0 Å². The molecule has 18 heavy (non-hydrogen) atoms. The fraction of sp³-hybridized carbons (Fsp3) is 0.667. The largest absolute Gasteiger partial charge is 0.0617 e. The molecule has 2 aliphatic rings. The van der Waals surface area contributed by atoms with Crippen molar-refractivity contribution in [3.05, 3.63) is 34.9 Å². The molecular weight excluding hydrogens is 216 g/mol. The van der Waals surface area contributed by atoms with Crippen molar-refractivity contribution in [1.82, 2.24) is 0 Å². The highest BCUT2D eigenvalue weighted by atomic mass is 14.2. The first kappa shape index (κ1) is 12.3. The molecule has 0 heteroatoms. The molecule has 0 aliphatic heterocycles. The van der Waals surface area contributed by atoms with Gasteiger partial charge in [-0.25, -0.2) is 0 Å². The third-order valence-electron chi connectivity index (χ3n) is 4.98. The lowest BCUT2D eigenvalue weighted by molar-refractivity contribution is 0.452. The summed E-state index contributed by atoms with van der Waals surface area (Å²) in [5.74, 6) is 0.873. The minimum Gasteiger partial charge on any atom is -0.0617 e. The average molecular weight is 242 g/mol. The van der Waals surface area contributed by atoms with Gasteiger partial charge in [-0.15, -0.1) is 0 Å². The highest BCUT2D eigenvalue weighted by molar-refractivity contribution is 5.39. The first-order valence-electron chi connectivity index (χ1n) is 8.06. The van der Waals surface area contributed by atoms with Crippen molar-refractivity contribution in [3.8, 4) is 0 Å². The minimum absolute atomic E-state index is 0.873. The summed E-state index contributed by atoms with van der Waals surface area (Å²) in [7, 11) is 0. The molecule has 1 saturated carbocycles. The lowest BCUT2D eigenvalue weighted by Gasteiger charge is -2.26. The van der Waals surface area contributed by atoms with Gasteiger partial charge in [0.2, 0.25) is 0 Å². The van der Waals surface area contributed by atoms with Gasteiger partial charge in [0, 0.05) is 0 Å². The van der Waals surface area contributed by atoms with Crippen LogP contribution in [-0.2, 0) is 12.8 Å². The van der Waals surface area contributed by atoms with E-state index in [1.807, 2.05) is 0 Å². The first-order valence-corrected chi connectivity index (χ1v) is 8.06. The molecule has 0 atom stereocenters. The maximum Gasteiger partial charge on any atom is -0.0159 e. The van der Waals surface area contributed by atoms with E-state index in [4.69, 9.17) is 0 Å². The second kappa shape index (κ2) is 5.91. The lowest BCUT2D eigenvalue weighted by Crippen LogP contribution is -2.11. The van der Waals surface area contributed by atoms with Gasteiger partial charge in [0.1, 0.15) is 0 Å². The number of rotatable bonds is 1. The molecule has 0 unspecified atom stereocenters. The summed E-state index contributed by atoms with van der Waals surface area (Å²) in [5, 5.41) is 0. The van der Waals surface area contributed by atoms with E-state index in [0.29, 0.717) is 0 Å². The summed E-state index contributed by atoms with van der Waals surface area (Å²) in [6, 6.07) is 7.13. The van der Waals surface area contributed by atoms with Crippen LogP contribution in [0.1, 0.15) is 80.4 Å². The number of hydrogen-bond donors (Lipinski definition) is 0. The molecule has 0 radical (unpaired) electrons. The van der Waals surface area contributed by atoms with Crippen LogP contribution in [0.3, 0.4) is 0 Å². The molecule has 1 fully saturated rings. The second-order valence-corrected chi connectivity index (χ2v) is 6.23. The number of hydrogen-bond acceptors (Lipinski definition) is 0. The molecule has 1 aromatic rings. The van der Waals surface area contributed by atoms with Crippen LogP contribution >= 0.6 is 0 Å². The molecule has 0 amide bonds. The van der Waals surface area contributed by atoms with Crippen LogP contribution < -0.4 is 0 Å². The van der Waals surface area contributed by atoms with Crippen LogP contribution in [0.15, 0.2) is 18.2 Å². The van der Waals surface area contributed by atoms with E-state index in [0.717, 1.165) is 5.92 Å². The lowest BCUT2D eigenvalue weighted by atomic mass is 9.79. The van der Waals surface area contributed by atoms with E-state index >= 15 is 0 Å². The Morgan fingerprint density at radius 3 is 2.28 bits per heavy atom. The molecule has 98 valence electrons. The summed E-state index contributed by atoms with van der Waals surface area (Å²) >= 11 is 0. The monoisotopic (exact) mass is 242 g/mol. The van der Waals surface area contributed by atoms with Gasteiger partial charge >= 0.3 is 0 Å². The first-order chi connectivity index (χ1) is 8.95. The van der Waals surface area contributed by atoms with E-state index in [2.05, 4.69) is 18.2 Å². The molecule has 0 heterocycles. The zero-order valence-corrected chi connectivity index (χ0v) is 11.6. The van der Waals surface area contributed by atoms with Crippen molar-refractivity contribution in [3.63, 3.8) is 0 Å². The fourth-order valence-corrected chi connectivity index (χ4v) is 3.96. The zero-order valence-electron chi connectivity index (χ0n) is 11.6. The van der Waals surface area contributed by atoms with Crippen molar-refractivity contribution in [2.75, 3.05) is 0 Å². The van der Waals surface area contributed by atoms with Crippen molar-refractivity contribution in [2.45, 2.75) is 76.5 Å². The van der Waals surface area contributed by atoms with Gasteiger partial charge in [-0.1, -0.05) is 50.3 Å². The van der Waals surface area contributed by atoms with E-state index in [9.17, 15) is 0 Å². The van der Waals surface area contributed by atoms with E-state index in [-0.39, 0.29) is 0 Å².